The van der Waals surface area contributed by atoms with Crippen LogP contribution in [0, 0.1) is 13.8 Å². The molecule has 0 unspecified atom stereocenters. The van der Waals surface area contributed by atoms with Gasteiger partial charge in [-0.15, -0.1) is 0 Å². The molecule has 5 rings (SSSR count). The lowest BCUT2D eigenvalue weighted by Gasteiger charge is -2.22. The molecule has 2 aliphatic heterocycles. The van der Waals surface area contributed by atoms with E-state index in [1.54, 1.807) is 31.4 Å². The number of rotatable bonds is 4. The minimum absolute atomic E-state index is 0.299. The molecular formula is C27H24N2O3. The molecule has 0 bridgehead atoms. The van der Waals surface area contributed by atoms with Gasteiger partial charge in [-0.05, 0) is 67.3 Å². The summed E-state index contributed by atoms with van der Waals surface area (Å²) in [6, 6.07) is 21.1. The SMILES string of the molecule is COc1ccc(N2C(=O)C(c3ccc(C)cc3C)=C(N3CCc4ccccc43)C2=O)cc1. The van der Waals surface area contributed by atoms with E-state index in [1.165, 1.54) is 10.5 Å². The molecule has 0 aliphatic carbocycles. The Hall–Kier alpha value is -3.86. The van der Waals surface area contributed by atoms with Crippen LogP contribution in [0.2, 0.25) is 0 Å². The molecule has 2 heterocycles. The van der Waals surface area contributed by atoms with Gasteiger partial charge in [0.05, 0.1) is 18.4 Å². The first kappa shape index (κ1) is 20.1. The molecule has 0 aromatic heterocycles. The number of hydrogen-bond acceptors (Lipinski definition) is 4. The molecule has 2 aliphatic rings. The van der Waals surface area contributed by atoms with Crippen molar-refractivity contribution in [2.24, 2.45) is 0 Å². The van der Waals surface area contributed by atoms with Crippen LogP contribution < -0.4 is 14.5 Å². The third-order valence-electron chi connectivity index (χ3n) is 6.20. The Bertz CT molecular complexity index is 1270. The maximum absolute atomic E-state index is 13.8. The molecule has 5 nitrogen and oxygen atoms in total. The number of nitrogens with zero attached hydrogens (tertiary/aromatic N) is 2. The molecular weight excluding hydrogens is 400 g/mol. The van der Waals surface area contributed by atoms with Gasteiger partial charge in [0, 0.05) is 12.2 Å². The van der Waals surface area contributed by atoms with Crippen LogP contribution in [0.1, 0.15) is 22.3 Å². The van der Waals surface area contributed by atoms with Crippen molar-refractivity contribution in [3.63, 3.8) is 0 Å². The first-order valence-corrected chi connectivity index (χ1v) is 10.7. The predicted octanol–water partition coefficient (Wildman–Crippen LogP) is 4.66. The minimum atomic E-state index is -0.300. The van der Waals surface area contributed by atoms with Gasteiger partial charge in [-0.2, -0.15) is 0 Å². The number of anilines is 2. The lowest BCUT2D eigenvalue weighted by Crippen LogP contribution is -2.34. The monoisotopic (exact) mass is 424 g/mol. The minimum Gasteiger partial charge on any atom is -0.497 e. The quantitative estimate of drug-likeness (QED) is 0.572. The first-order chi connectivity index (χ1) is 15.5. The molecule has 3 aromatic rings. The van der Waals surface area contributed by atoms with E-state index in [0.29, 0.717) is 29.3 Å². The normalized spacial score (nSPS) is 15.6. The van der Waals surface area contributed by atoms with Gasteiger partial charge in [-0.3, -0.25) is 9.59 Å². The summed E-state index contributed by atoms with van der Waals surface area (Å²) >= 11 is 0. The fourth-order valence-corrected chi connectivity index (χ4v) is 4.64. The van der Waals surface area contributed by atoms with Crippen molar-refractivity contribution in [2.75, 3.05) is 23.5 Å². The second-order valence-electron chi connectivity index (χ2n) is 8.22. The molecule has 5 heteroatoms. The molecule has 0 saturated heterocycles. The Kier molecular flexibility index (Phi) is 4.82. The highest BCUT2D eigenvalue weighted by Gasteiger charge is 2.44. The van der Waals surface area contributed by atoms with Gasteiger partial charge in [0.15, 0.2) is 0 Å². The van der Waals surface area contributed by atoms with Gasteiger partial charge in [0.25, 0.3) is 11.8 Å². The highest BCUT2D eigenvalue weighted by molar-refractivity contribution is 6.46. The van der Waals surface area contributed by atoms with Crippen molar-refractivity contribution in [2.45, 2.75) is 20.3 Å². The van der Waals surface area contributed by atoms with E-state index in [-0.39, 0.29) is 11.8 Å². The van der Waals surface area contributed by atoms with Gasteiger partial charge >= 0.3 is 0 Å². The average Bonchev–Trinajstić information content (AvgIpc) is 3.32. The number of aryl methyl sites for hydroxylation is 2. The smallest absolute Gasteiger partial charge is 0.282 e. The highest BCUT2D eigenvalue weighted by atomic mass is 16.5. The van der Waals surface area contributed by atoms with E-state index >= 15 is 0 Å². The number of imide groups is 1. The van der Waals surface area contributed by atoms with Crippen molar-refractivity contribution < 1.29 is 14.3 Å². The topological polar surface area (TPSA) is 49.9 Å². The van der Waals surface area contributed by atoms with Gasteiger partial charge in [-0.1, -0.05) is 42.0 Å². The number of hydrogen-bond donors (Lipinski definition) is 0. The number of para-hydroxylation sites is 1. The summed E-state index contributed by atoms with van der Waals surface area (Å²) in [4.78, 5) is 30.9. The number of carbonyl (C=O) groups is 2. The van der Waals surface area contributed by atoms with E-state index in [9.17, 15) is 9.59 Å². The second kappa shape index (κ2) is 7.68. The summed E-state index contributed by atoms with van der Waals surface area (Å²) in [7, 11) is 1.59. The van der Waals surface area contributed by atoms with Crippen LogP contribution in [0.15, 0.2) is 72.4 Å². The molecule has 32 heavy (non-hydrogen) atoms. The summed E-state index contributed by atoms with van der Waals surface area (Å²) in [5.74, 6) is 0.0717. The van der Waals surface area contributed by atoms with E-state index in [2.05, 4.69) is 6.07 Å². The summed E-state index contributed by atoms with van der Waals surface area (Å²) in [5.41, 5.74) is 6.50. The molecule has 0 radical (unpaired) electrons. The summed E-state index contributed by atoms with van der Waals surface area (Å²) < 4.78 is 5.24. The summed E-state index contributed by atoms with van der Waals surface area (Å²) in [6.07, 6.45) is 0.837. The standard InChI is InChI=1S/C27H24N2O3/c1-17-8-13-22(18(2)16-17)24-25(28-15-14-19-6-4-5-7-23(19)28)27(31)29(26(24)30)20-9-11-21(32-3)12-10-20/h4-13,16H,14-15H2,1-3H3. The van der Waals surface area contributed by atoms with E-state index in [1.807, 2.05) is 55.1 Å². The number of carbonyl (C=O) groups excluding carboxylic acids is 2. The van der Waals surface area contributed by atoms with Gasteiger partial charge in [0.1, 0.15) is 11.4 Å². The number of ether oxygens (including phenoxy) is 1. The lowest BCUT2D eigenvalue weighted by molar-refractivity contribution is -0.120. The molecule has 0 atom stereocenters. The van der Waals surface area contributed by atoms with Crippen LogP contribution in [0.3, 0.4) is 0 Å². The van der Waals surface area contributed by atoms with Crippen LogP contribution in [0.5, 0.6) is 5.75 Å². The number of fused-ring (bicyclic) bond motifs is 1. The zero-order valence-electron chi connectivity index (χ0n) is 18.4. The molecule has 0 N–H and O–H groups in total. The van der Waals surface area contributed by atoms with Crippen molar-refractivity contribution in [1.82, 2.24) is 0 Å². The highest BCUT2D eigenvalue weighted by Crippen LogP contribution is 2.41. The van der Waals surface area contributed by atoms with Crippen molar-refractivity contribution in [1.29, 1.82) is 0 Å². The Morgan fingerprint density at radius 2 is 1.62 bits per heavy atom. The summed E-state index contributed by atoms with van der Waals surface area (Å²) in [5, 5.41) is 0. The Balaban J connectivity index is 1.68. The Labute approximate surface area is 187 Å². The van der Waals surface area contributed by atoms with Gasteiger partial charge in [0.2, 0.25) is 0 Å². The Morgan fingerprint density at radius 3 is 2.34 bits per heavy atom. The molecule has 2 amide bonds. The third-order valence-corrected chi connectivity index (χ3v) is 6.20. The van der Waals surface area contributed by atoms with E-state index < -0.39 is 0 Å². The number of benzene rings is 3. The van der Waals surface area contributed by atoms with Crippen molar-refractivity contribution in [3.05, 3.63) is 94.7 Å². The van der Waals surface area contributed by atoms with Crippen LogP contribution in [0.4, 0.5) is 11.4 Å². The maximum Gasteiger partial charge on any atom is 0.282 e. The first-order valence-electron chi connectivity index (χ1n) is 10.7. The fraction of sp³-hybridized carbons (Fsp3) is 0.185. The van der Waals surface area contributed by atoms with Gasteiger partial charge in [-0.25, -0.2) is 4.90 Å². The van der Waals surface area contributed by atoms with Crippen molar-refractivity contribution >= 4 is 28.8 Å². The van der Waals surface area contributed by atoms with Crippen molar-refractivity contribution in [3.8, 4) is 5.75 Å². The summed E-state index contributed by atoms with van der Waals surface area (Å²) in [6.45, 7) is 4.67. The number of amides is 2. The predicted molar refractivity (Wildman–Crippen MR) is 126 cm³/mol. The molecule has 0 spiro atoms. The second-order valence-corrected chi connectivity index (χ2v) is 8.22. The zero-order valence-corrected chi connectivity index (χ0v) is 18.4. The van der Waals surface area contributed by atoms with Gasteiger partial charge < -0.3 is 9.64 Å². The molecule has 0 saturated carbocycles. The maximum atomic E-state index is 13.8. The third kappa shape index (κ3) is 3.09. The average molecular weight is 425 g/mol. The molecule has 3 aromatic carbocycles. The van der Waals surface area contributed by atoms with Crippen LogP contribution in [-0.4, -0.2) is 25.5 Å². The molecule has 160 valence electrons. The Morgan fingerprint density at radius 1 is 0.875 bits per heavy atom. The van der Waals surface area contributed by atoms with E-state index in [0.717, 1.165) is 28.8 Å². The zero-order chi connectivity index (χ0) is 22.4. The van der Waals surface area contributed by atoms with Crippen LogP contribution in [-0.2, 0) is 16.0 Å². The van der Waals surface area contributed by atoms with Crippen LogP contribution in [0.25, 0.3) is 5.57 Å². The largest absolute Gasteiger partial charge is 0.497 e. The number of methoxy groups -OCH3 is 1. The van der Waals surface area contributed by atoms with E-state index in [4.69, 9.17) is 4.74 Å². The van der Waals surface area contributed by atoms with Crippen LogP contribution >= 0.6 is 0 Å². The lowest BCUT2D eigenvalue weighted by atomic mass is 9.97. The fourth-order valence-electron chi connectivity index (χ4n) is 4.64. The molecule has 0 fully saturated rings.